The Bertz CT molecular complexity index is 549. The number of nitrogens with zero attached hydrogens (tertiary/aromatic N) is 3. The highest BCUT2D eigenvalue weighted by Gasteiger charge is 2.36. The second-order valence-electron chi connectivity index (χ2n) is 7.50. The molecule has 0 aliphatic carbocycles. The minimum Gasteiger partial charge on any atom is -0.491 e. The first-order valence-corrected chi connectivity index (χ1v) is 9.89. The van der Waals surface area contributed by atoms with Crippen LogP contribution >= 0.6 is 0 Å². The fourth-order valence-electron chi connectivity index (χ4n) is 3.82. The molecule has 1 aromatic rings. The summed E-state index contributed by atoms with van der Waals surface area (Å²) in [6, 6.07) is 8.37. The number of likely N-dealkylation sites (N-methyl/N-ethyl adjacent to an activating group) is 1. The van der Waals surface area contributed by atoms with Gasteiger partial charge in [-0.05, 0) is 24.7 Å². The van der Waals surface area contributed by atoms with Crippen LogP contribution in [0.4, 0.5) is 0 Å². The van der Waals surface area contributed by atoms with Gasteiger partial charge in [-0.3, -0.25) is 9.80 Å². The number of hydrogen-bond acceptors (Lipinski definition) is 7. The Morgan fingerprint density at radius 3 is 2.44 bits per heavy atom. The molecule has 7 nitrogen and oxygen atoms in total. The van der Waals surface area contributed by atoms with Crippen molar-refractivity contribution >= 4 is 0 Å². The standard InChI is InChI=1S/C20H33N3O4/c1-21-6-8-23(9-7-21)19-15-22(16-20(19)25)14-17-2-4-18(5-3-17)27-13-12-26-11-10-24/h2-5,19-20,24-25H,6-16H2,1H3/t19?,20-/m0/s1. The zero-order valence-corrected chi connectivity index (χ0v) is 16.3. The van der Waals surface area contributed by atoms with E-state index < -0.39 is 0 Å². The molecule has 2 fully saturated rings. The normalized spacial score (nSPS) is 25.1. The summed E-state index contributed by atoms with van der Waals surface area (Å²) in [7, 11) is 2.16. The molecule has 0 spiro atoms. The molecule has 2 heterocycles. The van der Waals surface area contributed by atoms with Crippen LogP contribution in [-0.4, -0.2) is 110 Å². The third kappa shape index (κ3) is 6.14. The number of β-amino-alcohol motifs (C(OH)–C–C–N with tert-alkyl or cyclic N) is 1. The summed E-state index contributed by atoms with van der Waals surface area (Å²) >= 11 is 0. The van der Waals surface area contributed by atoms with E-state index in [0.29, 0.717) is 19.8 Å². The van der Waals surface area contributed by atoms with Gasteiger partial charge in [-0.15, -0.1) is 0 Å². The molecule has 0 aromatic heterocycles. The lowest BCUT2D eigenvalue weighted by atomic mass is 10.1. The van der Waals surface area contributed by atoms with E-state index in [1.165, 1.54) is 5.56 Å². The maximum atomic E-state index is 10.5. The van der Waals surface area contributed by atoms with Crippen LogP contribution in [0.25, 0.3) is 0 Å². The van der Waals surface area contributed by atoms with Gasteiger partial charge in [-0.2, -0.15) is 0 Å². The lowest BCUT2D eigenvalue weighted by Crippen LogP contribution is -2.52. The molecule has 2 atom stereocenters. The van der Waals surface area contributed by atoms with Crippen molar-refractivity contribution in [2.75, 3.05) is 72.7 Å². The summed E-state index contributed by atoms with van der Waals surface area (Å²) in [5.41, 5.74) is 1.23. The number of likely N-dealkylation sites (tertiary alicyclic amines) is 1. The Labute approximate surface area is 162 Å². The average molecular weight is 380 g/mol. The largest absolute Gasteiger partial charge is 0.491 e. The van der Waals surface area contributed by atoms with Crippen molar-refractivity contribution in [1.82, 2.24) is 14.7 Å². The Kier molecular flexibility index (Phi) is 7.87. The van der Waals surface area contributed by atoms with E-state index in [0.717, 1.165) is 51.6 Å². The number of benzene rings is 1. The lowest BCUT2D eigenvalue weighted by molar-refractivity contribution is 0.0512. The van der Waals surface area contributed by atoms with Crippen molar-refractivity contribution in [3.8, 4) is 5.75 Å². The third-order valence-electron chi connectivity index (χ3n) is 5.40. The first kappa shape index (κ1) is 20.5. The second kappa shape index (κ2) is 10.4. The minimum atomic E-state index is -0.269. The molecule has 0 radical (unpaired) electrons. The lowest BCUT2D eigenvalue weighted by Gasteiger charge is -2.37. The number of piperazine rings is 1. The van der Waals surface area contributed by atoms with Crippen LogP contribution in [0.5, 0.6) is 5.75 Å². The fraction of sp³-hybridized carbons (Fsp3) is 0.700. The Morgan fingerprint density at radius 1 is 1.00 bits per heavy atom. The quantitative estimate of drug-likeness (QED) is 0.579. The van der Waals surface area contributed by atoms with Gasteiger partial charge >= 0.3 is 0 Å². The van der Waals surface area contributed by atoms with Gasteiger partial charge in [0.15, 0.2) is 0 Å². The van der Waals surface area contributed by atoms with Gasteiger partial charge in [0.25, 0.3) is 0 Å². The van der Waals surface area contributed by atoms with Crippen LogP contribution in [0.3, 0.4) is 0 Å². The summed E-state index contributed by atoms with van der Waals surface area (Å²) < 4.78 is 10.8. The van der Waals surface area contributed by atoms with E-state index in [2.05, 4.69) is 33.9 Å². The van der Waals surface area contributed by atoms with E-state index >= 15 is 0 Å². The van der Waals surface area contributed by atoms with E-state index in [9.17, 15) is 5.11 Å². The van der Waals surface area contributed by atoms with Crippen LogP contribution in [0, 0.1) is 0 Å². The van der Waals surface area contributed by atoms with Gasteiger partial charge in [0, 0.05) is 51.9 Å². The van der Waals surface area contributed by atoms with Crippen LogP contribution < -0.4 is 4.74 Å². The second-order valence-corrected chi connectivity index (χ2v) is 7.50. The highest BCUT2D eigenvalue weighted by atomic mass is 16.5. The summed E-state index contributed by atoms with van der Waals surface area (Å²) in [6.07, 6.45) is -0.269. The van der Waals surface area contributed by atoms with Crippen LogP contribution in [0.1, 0.15) is 5.56 Å². The first-order chi connectivity index (χ1) is 13.2. The topological polar surface area (TPSA) is 68.6 Å². The van der Waals surface area contributed by atoms with E-state index in [4.69, 9.17) is 14.6 Å². The van der Waals surface area contributed by atoms with Crippen molar-refractivity contribution < 1.29 is 19.7 Å². The molecule has 3 rings (SSSR count). The molecule has 1 unspecified atom stereocenters. The number of aliphatic hydroxyl groups excluding tert-OH is 2. The molecule has 2 aliphatic rings. The van der Waals surface area contributed by atoms with E-state index in [1.54, 1.807) is 0 Å². The zero-order chi connectivity index (χ0) is 19.1. The maximum Gasteiger partial charge on any atom is 0.119 e. The average Bonchev–Trinajstić information content (AvgIpc) is 3.04. The highest BCUT2D eigenvalue weighted by molar-refractivity contribution is 5.27. The molecule has 0 amide bonds. The van der Waals surface area contributed by atoms with Crippen molar-refractivity contribution in [2.45, 2.75) is 18.7 Å². The Morgan fingerprint density at radius 2 is 1.74 bits per heavy atom. The van der Waals surface area contributed by atoms with Crippen molar-refractivity contribution in [3.05, 3.63) is 29.8 Å². The predicted molar refractivity (Wildman–Crippen MR) is 104 cm³/mol. The molecular formula is C20H33N3O4. The fourth-order valence-corrected chi connectivity index (χ4v) is 3.82. The minimum absolute atomic E-state index is 0.0373. The monoisotopic (exact) mass is 379 g/mol. The maximum absolute atomic E-state index is 10.5. The van der Waals surface area contributed by atoms with Crippen molar-refractivity contribution in [3.63, 3.8) is 0 Å². The van der Waals surface area contributed by atoms with Gasteiger partial charge in [0.1, 0.15) is 12.4 Å². The molecule has 2 aliphatic heterocycles. The predicted octanol–water partition coefficient (Wildman–Crippen LogP) is -0.133. The Hall–Kier alpha value is -1.22. The van der Waals surface area contributed by atoms with Gasteiger partial charge in [-0.25, -0.2) is 0 Å². The molecule has 152 valence electrons. The molecule has 2 saturated heterocycles. The zero-order valence-electron chi connectivity index (χ0n) is 16.3. The molecule has 0 bridgehead atoms. The van der Waals surface area contributed by atoms with E-state index in [1.807, 2.05) is 12.1 Å². The molecule has 1 aromatic carbocycles. The first-order valence-electron chi connectivity index (χ1n) is 9.89. The molecule has 2 N–H and O–H groups in total. The molecular weight excluding hydrogens is 346 g/mol. The highest BCUT2D eigenvalue weighted by Crippen LogP contribution is 2.21. The van der Waals surface area contributed by atoms with Crippen molar-refractivity contribution in [2.24, 2.45) is 0 Å². The summed E-state index contributed by atoms with van der Waals surface area (Å²) in [5.74, 6) is 0.822. The molecule has 7 heteroatoms. The van der Waals surface area contributed by atoms with Gasteiger partial charge in [0.2, 0.25) is 0 Å². The third-order valence-corrected chi connectivity index (χ3v) is 5.40. The summed E-state index contributed by atoms with van der Waals surface area (Å²) in [5, 5.41) is 19.2. The smallest absolute Gasteiger partial charge is 0.119 e. The number of hydrogen-bond donors (Lipinski definition) is 2. The van der Waals surface area contributed by atoms with Gasteiger partial charge in [0.05, 0.1) is 25.9 Å². The Balaban J connectivity index is 1.42. The van der Waals surface area contributed by atoms with Crippen LogP contribution in [0.2, 0.25) is 0 Å². The van der Waals surface area contributed by atoms with Crippen LogP contribution in [-0.2, 0) is 11.3 Å². The van der Waals surface area contributed by atoms with Crippen molar-refractivity contribution in [1.29, 1.82) is 0 Å². The van der Waals surface area contributed by atoms with Gasteiger partial charge in [-0.1, -0.05) is 12.1 Å². The van der Waals surface area contributed by atoms with E-state index in [-0.39, 0.29) is 18.8 Å². The number of aliphatic hydroxyl groups is 2. The van der Waals surface area contributed by atoms with Crippen LogP contribution in [0.15, 0.2) is 24.3 Å². The molecule has 0 saturated carbocycles. The number of rotatable bonds is 9. The molecule has 27 heavy (non-hydrogen) atoms. The SMILES string of the molecule is CN1CCN(C2CN(Cc3ccc(OCCOCCO)cc3)C[C@@H]2O)CC1. The van der Waals surface area contributed by atoms with Gasteiger partial charge < -0.3 is 24.6 Å². The summed E-state index contributed by atoms with van der Waals surface area (Å²) in [4.78, 5) is 7.13. The number of ether oxygens (including phenoxy) is 2. The summed E-state index contributed by atoms with van der Waals surface area (Å²) in [6.45, 7) is 8.08.